The van der Waals surface area contributed by atoms with Crippen LogP contribution in [0.5, 0.6) is 5.75 Å². The molecule has 174 valence electrons. The van der Waals surface area contributed by atoms with Gasteiger partial charge in [0.2, 0.25) is 10.0 Å². The molecule has 8 heteroatoms. The second-order valence-corrected chi connectivity index (χ2v) is 10.1. The molecule has 0 aliphatic carbocycles. The van der Waals surface area contributed by atoms with E-state index in [-0.39, 0.29) is 12.5 Å². The number of ether oxygens (including phenoxy) is 1. The third-order valence-corrected chi connectivity index (χ3v) is 6.59. The number of benzene rings is 3. The Morgan fingerprint density at radius 2 is 1.73 bits per heavy atom. The Morgan fingerprint density at radius 3 is 2.39 bits per heavy atom. The summed E-state index contributed by atoms with van der Waals surface area (Å²) in [6.07, 6.45) is 1.14. The molecule has 3 aromatic rings. The number of amides is 1. The number of hydrogen-bond acceptors (Lipinski definition) is 4. The smallest absolute Gasteiger partial charge is 0.251 e. The van der Waals surface area contributed by atoms with Gasteiger partial charge in [-0.15, -0.1) is 0 Å². The number of anilines is 1. The van der Waals surface area contributed by atoms with Crippen molar-refractivity contribution in [2.45, 2.75) is 20.4 Å². The highest BCUT2D eigenvalue weighted by Crippen LogP contribution is 2.24. The summed E-state index contributed by atoms with van der Waals surface area (Å²) in [4.78, 5) is 12.5. The molecule has 1 N–H and O–H groups in total. The Morgan fingerprint density at radius 1 is 1.03 bits per heavy atom. The van der Waals surface area contributed by atoms with Crippen molar-refractivity contribution in [1.29, 1.82) is 0 Å². The van der Waals surface area contributed by atoms with Crippen LogP contribution in [-0.4, -0.2) is 33.7 Å². The summed E-state index contributed by atoms with van der Waals surface area (Å²) in [6, 6.07) is 19.5. The fourth-order valence-corrected chi connectivity index (χ4v) is 4.32. The lowest BCUT2D eigenvalue weighted by molar-refractivity contribution is 0.0947. The fourth-order valence-electron chi connectivity index (χ4n) is 3.25. The van der Waals surface area contributed by atoms with Crippen LogP contribution in [0.1, 0.15) is 27.0 Å². The lowest BCUT2D eigenvalue weighted by Crippen LogP contribution is -2.30. The predicted molar refractivity (Wildman–Crippen MR) is 133 cm³/mol. The molecule has 3 aromatic carbocycles. The van der Waals surface area contributed by atoms with Crippen LogP contribution < -0.4 is 14.4 Å². The van der Waals surface area contributed by atoms with Gasteiger partial charge in [0.05, 0.1) is 25.0 Å². The number of hydrogen-bond donors (Lipinski definition) is 1. The molecule has 0 aromatic heterocycles. The van der Waals surface area contributed by atoms with Gasteiger partial charge in [-0.3, -0.25) is 9.10 Å². The highest BCUT2D eigenvalue weighted by atomic mass is 35.5. The van der Waals surface area contributed by atoms with Crippen molar-refractivity contribution in [3.8, 4) is 5.75 Å². The molecule has 3 rings (SSSR count). The highest BCUT2D eigenvalue weighted by molar-refractivity contribution is 7.92. The Hall–Kier alpha value is -3.03. The Kier molecular flexibility index (Phi) is 8.00. The quantitative estimate of drug-likeness (QED) is 0.443. The first-order chi connectivity index (χ1) is 15.6. The lowest BCUT2D eigenvalue weighted by Gasteiger charge is -2.23. The molecule has 0 spiro atoms. The van der Waals surface area contributed by atoms with Crippen LogP contribution in [0.2, 0.25) is 5.02 Å². The van der Waals surface area contributed by atoms with E-state index < -0.39 is 10.0 Å². The van der Waals surface area contributed by atoms with E-state index in [9.17, 15) is 13.2 Å². The normalized spacial score (nSPS) is 11.2. The molecule has 33 heavy (non-hydrogen) atoms. The summed E-state index contributed by atoms with van der Waals surface area (Å²) >= 11 is 6.20. The first kappa shape index (κ1) is 24.6. The Bertz CT molecular complexity index is 1230. The van der Waals surface area contributed by atoms with Crippen molar-refractivity contribution in [3.63, 3.8) is 0 Å². The van der Waals surface area contributed by atoms with Crippen LogP contribution in [-0.2, 0) is 16.6 Å². The van der Waals surface area contributed by atoms with Gasteiger partial charge in [0.1, 0.15) is 12.4 Å². The van der Waals surface area contributed by atoms with E-state index in [1.165, 1.54) is 4.31 Å². The van der Waals surface area contributed by atoms with Gasteiger partial charge < -0.3 is 10.1 Å². The zero-order chi connectivity index (χ0) is 24.0. The van der Waals surface area contributed by atoms with Gasteiger partial charge in [-0.2, -0.15) is 0 Å². The predicted octanol–water partition coefficient (Wildman–Crippen LogP) is 4.73. The summed E-state index contributed by atoms with van der Waals surface area (Å²) in [5, 5.41) is 3.31. The number of carbonyl (C=O) groups excluding carboxylic acids is 1. The number of nitrogens with one attached hydrogen (secondary N) is 1. The van der Waals surface area contributed by atoms with E-state index in [1.54, 1.807) is 48.5 Å². The highest BCUT2D eigenvalue weighted by Gasteiger charge is 2.19. The average molecular weight is 487 g/mol. The van der Waals surface area contributed by atoms with E-state index in [4.69, 9.17) is 16.3 Å². The second-order valence-electron chi connectivity index (χ2n) is 7.78. The van der Waals surface area contributed by atoms with Crippen molar-refractivity contribution in [3.05, 3.63) is 94.0 Å². The molecule has 1 amide bonds. The molecule has 0 unspecified atom stereocenters. The van der Waals surface area contributed by atoms with Crippen LogP contribution in [0, 0.1) is 13.8 Å². The van der Waals surface area contributed by atoms with E-state index in [2.05, 4.69) is 5.32 Å². The number of nitrogens with zero attached hydrogens (tertiary/aromatic N) is 1. The molecule has 0 bridgehead atoms. The maximum Gasteiger partial charge on any atom is 0.251 e. The second kappa shape index (κ2) is 10.7. The molecule has 0 fully saturated rings. The molecule has 0 radical (unpaired) electrons. The lowest BCUT2D eigenvalue weighted by atomic mass is 10.1. The van der Waals surface area contributed by atoms with Crippen molar-refractivity contribution < 1.29 is 17.9 Å². The van der Waals surface area contributed by atoms with Gasteiger partial charge in [-0.25, -0.2) is 8.42 Å². The SMILES string of the molecule is Cc1ccc(C)c(OCCNC(=O)c2ccc(N(Cc3ccccc3Cl)S(C)(=O)=O)cc2)c1. The first-order valence-corrected chi connectivity index (χ1v) is 12.7. The summed E-state index contributed by atoms with van der Waals surface area (Å²) in [7, 11) is -3.56. The Balaban J connectivity index is 1.62. The van der Waals surface area contributed by atoms with Crippen molar-refractivity contribution >= 4 is 33.2 Å². The van der Waals surface area contributed by atoms with E-state index in [1.807, 2.05) is 32.0 Å². The minimum Gasteiger partial charge on any atom is -0.491 e. The van der Waals surface area contributed by atoms with Crippen LogP contribution in [0.25, 0.3) is 0 Å². The molecule has 6 nitrogen and oxygen atoms in total. The zero-order valence-corrected chi connectivity index (χ0v) is 20.4. The summed E-state index contributed by atoms with van der Waals surface area (Å²) in [5.41, 5.74) is 3.71. The summed E-state index contributed by atoms with van der Waals surface area (Å²) < 4.78 is 31.8. The Labute approximate surface area is 200 Å². The van der Waals surface area contributed by atoms with Gasteiger partial charge in [0, 0.05) is 10.6 Å². The van der Waals surface area contributed by atoms with E-state index >= 15 is 0 Å². The largest absolute Gasteiger partial charge is 0.491 e. The minimum absolute atomic E-state index is 0.0970. The first-order valence-electron chi connectivity index (χ1n) is 10.4. The average Bonchev–Trinajstić information content (AvgIpc) is 2.77. The van der Waals surface area contributed by atoms with Crippen molar-refractivity contribution in [1.82, 2.24) is 5.32 Å². The van der Waals surface area contributed by atoms with E-state index in [0.717, 1.165) is 23.1 Å². The van der Waals surface area contributed by atoms with Gasteiger partial charge >= 0.3 is 0 Å². The molecular weight excluding hydrogens is 460 g/mol. The standard InChI is InChI=1S/C25H27ClN2O4S/c1-18-8-9-19(2)24(16-18)32-15-14-27-25(29)20-10-12-22(13-11-20)28(33(3,30)31)17-21-6-4-5-7-23(21)26/h4-13,16H,14-15,17H2,1-3H3,(H,27,29). The maximum absolute atomic E-state index is 12.5. The maximum atomic E-state index is 12.5. The van der Waals surface area contributed by atoms with Crippen LogP contribution in [0.3, 0.4) is 0 Å². The zero-order valence-electron chi connectivity index (χ0n) is 18.8. The summed E-state index contributed by atoms with van der Waals surface area (Å²) in [5.74, 6) is 0.538. The molecule has 0 aliphatic rings. The molecule has 0 aliphatic heterocycles. The number of aryl methyl sites for hydroxylation is 2. The van der Waals surface area contributed by atoms with Crippen molar-refractivity contribution in [2.75, 3.05) is 23.7 Å². The fraction of sp³-hybridized carbons (Fsp3) is 0.240. The van der Waals surface area contributed by atoms with Gasteiger partial charge in [-0.05, 0) is 66.9 Å². The number of rotatable bonds is 9. The van der Waals surface area contributed by atoms with Crippen LogP contribution >= 0.6 is 11.6 Å². The van der Waals surface area contributed by atoms with Gasteiger partial charge in [0.15, 0.2) is 0 Å². The van der Waals surface area contributed by atoms with Crippen molar-refractivity contribution in [2.24, 2.45) is 0 Å². The van der Waals surface area contributed by atoms with Gasteiger partial charge in [0.25, 0.3) is 5.91 Å². The van der Waals surface area contributed by atoms with Gasteiger partial charge in [-0.1, -0.05) is 41.9 Å². The number of sulfonamides is 1. The molecular formula is C25H27ClN2O4S. The monoisotopic (exact) mass is 486 g/mol. The summed E-state index contributed by atoms with van der Waals surface area (Å²) in [6.45, 7) is 4.75. The van der Waals surface area contributed by atoms with Crippen LogP contribution in [0.15, 0.2) is 66.7 Å². The molecule has 0 heterocycles. The molecule has 0 atom stereocenters. The van der Waals surface area contributed by atoms with Crippen LogP contribution in [0.4, 0.5) is 5.69 Å². The third kappa shape index (κ3) is 6.73. The molecule has 0 saturated carbocycles. The topological polar surface area (TPSA) is 75.7 Å². The number of halogens is 1. The van der Waals surface area contributed by atoms with E-state index in [0.29, 0.717) is 35.0 Å². The molecule has 0 saturated heterocycles. The third-order valence-electron chi connectivity index (χ3n) is 5.08. The number of carbonyl (C=O) groups is 1. The minimum atomic E-state index is -3.56.